The molecule has 0 aliphatic carbocycles. The average molecular weight is 416 g/mol. The van der Waals surface area contributed by atoms with Gasteiger partial charge in [0, 0.05) is 38.1 Å². The fraction of sp³-hybridized carbons (Fsp3) is 0.417. The van der Waals surface area contributed by atoms with Gasteiger partial charge in [-0.05, 0) is 60.7 Å². The summed E-state index contributed by atoms with van der Waals surface area (Å²) < 4.78 is 54.1. The average Bonchev–Trinajstić information content (AvgIpc) is 2.74. The molecule has 3 aliphatic heterocycles. The van der Waals surface area contributed by atoms with Gasteiger partial charge in [-0.2, -0.15) is 0 Å². The maximum atomic E-state index is 13.7. The Morgan fingerprint density at radius 3 is 2.00 bits per heavy atom. The second kappa shape index (κ2) is 8.79. The molecule has 30 heavy (non-hydrogen) atoms. The lowest BCUT2D eigenvalue weighted by atomic mass is 9.76. The van der Waals surface area contributed by atoms with E-state index in [4.69, 9.17) is 6.42 Å². The summed E-state index contributed by atoms with van der Waals surface area (Å²) in [4.78, 5) is 4.48. The van der Waals surface area contributed by atoms with Gasteiger partial charge in [-0.1, -0.05) is 12.1 Å². The van der Waals surface area contributed by atoms with Crippen molar-refractivity contribution in [2.75, 3.05) is 19.6 Å². The van der Waals surface area contributed by atoms with Gasteiger partial charge in [-0.15, -0.1) is 12.3 Å². The van der Waals surface area contributed by atoms with Gasteiger partial charge in [0.25, 0.3) is 0 Å². The molecule has 4 unspecified atom stereocenters. The normalized spacial score (nSPS) is 25.5. The van der Waals surface area contributed by atoms with Gasteiger partial charge in [0.15, 0.2) is 23.3 Å². The summed E-state index contributed by atoms with van der Waals surface area (Å²) in [6.45, 7) is 3.31. The van der Waals surface area contributed by atoms with Gasteiger partial charge in [0.05, 0.1) is 0 Å². The van der Waals surface area contributed by atoms with E-state index in [1.807, 2.05) is 0 Å². The third kappa shape index (κ3) is 4.53. The van der Waals surface area contributed by atoms with Crippen LogP contribution in [0.25, 0.3) is 0 Å². The summed E-state index contributed by atoms with van der Waals surface area (Å²) in [5, 5.41) is 0. The number of hydrogen-bond acceptors (Lipinski definition) is 2. The Bertz CT molecular complexity index is 901. The summed E-state index contributed by atoms with van der Waals surface area (Å²) >= 11 is 0. The number of halogens is 4. The molecule has 3 aliphatic rings. The van der Waals surface area contributed by atoms with Gasteiger partial charge in [-0.3, -0.25) is 9.80 Å². The topological polar surface area (TPSA) is 6.48 Å². The molecular weight excluding hydrogens is 392 g/mol. The first-order chi connectivity index (χ1) is 14.4. The van der Waals surface area contributed by atoms with Crippen molar-refractivity contribution >= 4 is 0 Å². The number of benzene rings is 2. The monoisotopic (exact) mass is 416 g/mol. The van der Waals surface area contributed by atoms with Crippen LogP contribution < -0.4 is 0 Å². The number of terminal acetylenes is 1. The highest BCUT2D eigenvalue weighted by molar-refractivity contribution is 5.20. The van der Waals surface area contributed by atoms with Crippen molar-refractivity contribution < 1.29 is 17.6 Å². The van der Waals surface area contributed by atoms with Crippen molar-refractivity contribution in [2.45, 2.75) is 32.0 Å². The Morgan fingerprint density at radius 1 is 0.933 bits per heavy atom. The predicted molar refractivity (Wildman–Crippen MR) is 107 cm³/mol. The molecule has 158 valence electrons. The Kier molecular flexibility index (Phi) is 6.12. The Labute approximate surface area is 174 Å². The molecule has 2 aromatic rings. The van der Waals surface area contributed by atoms with Gasteiger partial charge in [-0.25, -0.2) is 17.6 Å². The summed E-state index contributed by atoms with van der Waals surface area (Å²) in [6.07, 6.45) is 7.76. The lowest BCUT2D eigenvalue weighted by molar-refractivity contribution is 0.00283. The predicted octanol–water partition coefficient (Wildman–Crippen LogP) is 4.59. The van der Waals surface area contributed by atoms with Crippen LogP contribution in [-0.4, -0.2) is 35.5 Å². The summed E-state index contributed by atoms with van der Waals surface area (Å²) in [5.41, 5.74) is 1.27. The fourth-order valence-electron chi connectivity index (χ4n) is 4.79. The fourth-order valence-corrected chi connectivity index (χ4v) is 4.79. The zero-order valence-electron chi connectivity index (χ0n) is 16.6. The molecule has 0 aromatic heterocycles. The quantitative estimate of drug-likeness (QED) is 0.502. The molecule has 4 atom stereocenters. The molecule has 0 saturated carbocycles. The van der Waals surface area contributed by atoms with Crippen LogP contribution in [0.15, 0.2) is 36.4 Å². The number of fused-ring (bicyclic) bond motifs is 3. The van der Waals surface area contributed by atoms with Crippen LogP contribution in [0.2, 0.25) is 0 Å². The van der Waals surface area contributed by atoms with E-state index in [1.165, 1.54) is 12.1 Å². The summed E-state index contributed by atoms with van der Waals surface area (Å²) in [7, 11) is 0. The first-order valence-corrected chi connectivity index (χ1v) is 10.2. The molecule has 0 spiro atoms. The number of nitrogens with zero attached hydrogens (tertiary/aromatic N) is 2. The molecule has 3 fully saturated rings. The number of hydrogen-bond donors (Lipinski definition) is 0. The third-order valence-electron chi connectivity index (χ3n) is 6.34. The molecule has 0 amide bonds. The van der Waals surface area contributed by atoms with Crippen LogP contribution in [0.4, 0.5) is 17.6 Å². The molecule has 3 saturated heterocycles. The van der Waals surface area contributed by atoms with Gasteiger partial charge < -0.3 is 0 Å². The summed E-state index contributed by atoms with van der Waals surface area (Å²) in [5.74, 6) is 0.123. The smallest absolute Gasteiger partial charge is 0.159 e. The highest BCUT2D eigenvalue weighted by Crippen LogP contribution is 2.36. The van der Waals surface area contributed by atoms with Gasteiger partial charge in [0.1, 0.15) is 0 Å². The second-order valence-electron chi connectivity index (χ2n) is 8.37. The van der Waals surface area contributed by atoms with Crippen molar-refractivity contribution in [1.82, 2.24) is 9.80 Å². The maximum absolute atomic E-state index is 13.7. The summed E-state index contributed by atoms with van der Waals surface area (Å²) in [6, 6.07) is 8.01. The van der Waals surface area contributed by atoms with Crippen molar-refractivity contribution in [3.8, 4) is 12.3 Å². The minimum absolute atomic E-state index is 0.279. The molecule has 0 radical (unpaired) electrons. The Hall–Kier alpha value is -2.36. The van der Waals surface area contributed by atoms with Crippen molar-refractivity contribution in [3.05, 3.63) is 70.8 Å². The minimum atomic E-state index is -0.891. The van der Waals surface area contributed by atoms with Crippen molar-refractivity contribution in [3.63, 3.8) is 0 Å². The van der Waals surface area contributed by atoms with Crippen molar-refractivity contribution in [1.29, 1.82) is 0 Å². The van der Waals surface area contributed by atoms with Crippen LogP contribution in [0, 0.1) is 47.4 Å². The lowest BCUT2D eigenvalue weighted by Crippen LogP contribution is -2.56. The van der Waals surface area contributed by atoms with E-state index in [0.29, 0.717) is 42.7 Å². The van der Waals surface area contributed by atoms with E-state index in [-0.39, 0.29) is 5.92 Å². The minimum Gasteiger partial charge on any atom is -0.298 e. The van der Waals surface area contributed by atoms with Crippen molar-refractivity contribution in [2.24, 2.45) is 11.8 Å². The first kappa shape index (κ1) is 20.9. The van der Waals surface area contributed by atoms with Crippen LogP contribution in [-0.2, 0) is 13.1 Å². The second-order valence-corrected chi connectivity index (χ2v) is 8.37. The number of rotatable bonds is 6. The van der Waals surface area contributed by atoms with Crippen LogP contribution in [0.1, 0.15) is 24.0 Å². The molecule has 6 heteroatoms. The third-order valence-corrected chi connectivity index (χ3v) is 6.34. The zero-order valence-corrected chi connectivity index (χ0v) is 16.6. The van der Waals surface area contributed by atoms with E-state index < -0.39 is 23.3 Å². The molecule has 2 nitrogen and oxygen atoms in total. The molecule has 0 N–H and O–H groups in total. The highest BCUT2D eigenvalue weighted by Gasteiger charge is 2.39. The maximum Gasteiger partial charge on any atom is 0.159 e. The van der Waals surface area contributed by atoms with Gasteiger partial charge in [0.2, 0.25) is 0 Å². The molecular formula is C24H24F4N2. The molecule has 3 heterocycles. The van der Waals surface area contributed by atoms with E-state index in [1.54, 1.807) is 12.1 Å². The highest BCUT2D eigenvalue weighted by atomic mass is 19.2. The largest absolute Gasteiger partial charge is 0.298 e. The number of piperidine rings is 3. The lowest BCUT2D eigenvalue weighted by Gasteiger charge is -2.49. The Balaban J connectivity index is 1.53. The molecule has 2 aromatic carbocycles. The molecule has 2 bridgehead atoms. The standard InChI is InChI=1S/C24H24F4N2/c1-2-18-14-30-8-7-19(18)11-20(30)15-29(12-16-3-5-21(25)23(27)9-16)13-17-4-6-22(26)24(28)10-17/h1,3-6,9-10,18-20H,7-8,11-15H2. The zero-order chi connectivity index (χ0) is 21.3. The van der Waals surface area contributed by atoms with E-state index in [0.717, 1.165) is 38.1 Å². The van der Waals surface area contributed by atoms with Crippen LogP contribution >= 0.6 is 0 Å². The first-order valence-electron chi connectivity index (χ1n) is 10.2. The van der Waals surface area contributed by atoms with E-state index >= 15 is 0 Å². The SMILES string of the molecule is C#CC1CN2CCC1CC2CN(Cc1ccc(F)c(F)c1)Cc1ccc(F)c(F)c1. The van der Waals surface area contributed by atoms with E-state index in [9.17, 15) is 17.6 Å². The van der Waals surface area contributed by atoms with Crippen LogP contribution in [0.5, 0.6) is 0 Å². The van der Waals surface area contributed by atoms with E-state index in [2.05, 4.69) is 15.7 Å². The van der Waals surface area contributed by atoms with Crippen LogP contribution in [0.3, 0.4) is 0 Å². The molecule has 5 rings (SSSR count). The van der Waals surface area contributed by atoms with Gasteiger partial charge >= 0.3 is 0 Å². The Morgan fingerprint density at radius 2 is 1.53 bits per heavy atom.